The van der Waals surface area contributed by atoms with E-state index in [2.05, 4.69) is 16.1 Å². The number of rotatable bonds is 0. The van der Waals surface area contributed by atoms with E-state index in [9.17, 15) is 0 Å². The van der Waals surface area contributed by atoms with E-state index in [1.807, 2.05) is 11.3 Å². The van der Waals surface area contributed by atoms with Crippen LogP contribution in [0.15, 0.2) is 10.8 Å². The molecule has 1 fully saturated rings. The zero-order valence-electron chi connectivity index (χ0n) is 7.45. The fourth-order valence-corrected chi connectivity index (χ4v) is 3.26. The number of thiophene rings is 1. The maximum Gasteiger partial charge on any atom is 0.0550 e. The van der Waals surface area contributed by atoms with Gasteiger partial charge in [0.05, 0.1) is 6.61 Å². The largest absolute Gasteiger partial charge is 0.381 e. The first-order valence-corrected chi connectivity index (χ1v) is 5.75. The highest BCUT2D eigenvalue weighted by molar-refractivity contribution is 7.08. The Morgan fingerprint density at radius 1 is 1.46 bits per heavy atom. The van der Waals surface area contributed by atoms with E-state index in [-0.39, 0.29) is 0 Å². The highest BCUT2D eigenvalue weighted by atomic mass is 32.1. The second kappa shape index (κ2) is 3.08. The first-order chi connectivity index (χ1) is 6.45. The lowest BCUT2D eigenvalue weighted by Crippen LogP contribution is -2.44. The summed E-state index contributed by atoms with van der Waals surface area (Å²) in [7, 11) is 0. The van der Waals surface area contributed by atoms with Gasteiger partial charge in [-0.2, -0.15) is 11.3 Å². The number of nitrogens with one attached hydrogen (secondary N) is 1. The van der Waals surface area contributed by atoms with E-state index >= 15 is 0 Å². The fourth-order valence-electron chi connectivity index (χ4n) is 2.33. The number of fused-ring (bicyclic) bond motifs is 3. The van der Waals surface area contributed by atoms with Gasteiger partial charge >= 0.3 is 0 Å². The van der Waals surface area contributed by atoms with Crippen LogP contribution in [0.4, 0.5) is 0 Å². The van der Waals surface area contributed by atoms with Crippen LogP contribution in [0.25, 0.3) is 0 Å². The van der Waals surface area contributed by atoms with Crippen LogP contribution >= 0.6 is 11.3 Å². The van der Waals surface area contributed by atoms with Gasteiger partial charge in [0.1, 0.15) is 0 Å². The van der Waals surface area contributed by atoms with Gasteiger partial charge in [-0.25, -0.2) is 0 Å². The summed E-state index contributed by atoms with van der Waals surface area (Å²) in [6.07, 6.45) is 1.17. The quantitative estimate of drug-likeness (QED) is 0.680. The molecule has 70 valence electrons. The lowest BCUT2D eigenvalue weighted by Gasteiger charge is -2.36. The normalized spacial score (nSPS) is 32.3. The standard InChI is InChI=1S/C10H13NOS/c1-2-12-4-8-9-6-13-5-7(9)3-11-10(1)8/h5-6,8,10-11H,1-4H2. The van der Waals surface area contributed by atoms with Crippen molar-refractivity contribution in [3.63, 3.8) is 0 Å². The van der Waals surface area contributed by atoms with Crippen molar-refractivity contribution in [3.05, 3.63) is 21.9 Å². The fraction of sp³-hybridized carbons (Fsp3) is 0.600. The molecule has 0 amide bonds. The monoisotopic (exact) mass is 195 g/mol. The first kappa shape index (κ1) is 7.97. The van der Waals surface area contributed by atoms with Gasteiger partial charge in [-0.1, -0.05) is 0 Å². The molecule has 0 spiro atoms. The lowest BCUT2D eigenvalue weighted by molar-refractivity contribution is 0.0557. The summed E-state index contributed by atoms with van der Waals surface area (Å²) in [6.45, 7) is 2.88. The summed E-state index contributed by atoms with van der Waals surface area (Å²) in [4.78, 5) is 0. The van der Waals surface area contributed by atoms with Gasteiger partial charge < -0.3 is 10.1 Å². The van der Waals surface area contributed by atoms with Gasteiger partial charge in [-0.05, 0) is 28.3 Å². The van der Waals surface area contributed by atoms with Gasteiger partial charge in [-0.3, -0.25) is 0 Å². The van der Waals surface area contributed by atoms with Crippen molar-refractivity contribution in [1.82, 2.24) is 5.32 Å². The molecule has 0 aromatic carbocycles. The van der Waals surface area contributed by atoms with E-state index in [1.54, 1.807) is 0 Å². The molecule has 2 aliphatic rings. The minimum absolute atomic E-state index is 0.615. The Labute approximate surface area is 81.9 Å². The van der Waals surface area contributed by atoms with Crippen LogP contribution < -0.4 is 5.32 Å². The Morgan fingerprint density at radius 2 is 2.46 bits per heavy atom. The topological polar surface area (TPSA) is 21.3 Å². The van der Waals surface area contributed by atoms with Crippen LogP contribution in [0, 0.1) is 0 Å². The summed E-state index contributed by atoms with van der Waals surface area (Å²) in [5.41, 5.74) is 3.02. The number of ether oxygens (including phenoxy) is 1. The van der Waals surface area contributed by atoms with Crippen molar-refractivity contribution in [2.75, 3.05) is 13.2 Å². The molecule has 0 radical (unpaired) electrons. The molecule has 1 aromatic rings. The van der Waals surface area contributed by atoms with E-state index in [1.165, 1.54) is 17.5 Å². The van der Waals surface area contributed by atoms with Crippen molar-refractivity contribution in [2.45, 2.75) is 24.9 Å². The molecule has 3 heterocycles. The van der Waals surface area contributed by atoms with Crippen molar-refractivity contribution >= 4 is 11.3 Å². The molecule has 0 bridgehead atoms. The molecule has 0 saturated carbocycles. The van der Waals surface area contributed by atoms with Crippen molar-refractivity contribution in [1.29, 1.82) is 0 Å². The van der Waals surface area contributed by atoms with Gasteiger partial charge in [0.2, 0.25) is 0 Å². The molecule has 1 N–H and O–H groups in total. The average Bonchev–Trinajstić information content (AvgIpc) is 2.65. The zero-order valence-corrected chi connectivity index (χ0v) is 8.27. The Kier molecular flexibility index (Phi) is 1.89. The van der Waals surface area contributed by atoms with E-state index in [0.29, 0.717) is 12.0 Å². The average molecular weight is 195 g/mol. The van der Waals surface area contributed by atoms with Gasteiger partial charge in [0.25, 0.3) is 0 Å². The SMILES string of the molecule is c1scc2c1CNC1CCOCC21. The summed E-state index contributed by atoms with van der Waals surface area (Å²) < 4.78 is 5.53. The molecule has 2 aliphatic heterocycles. The minimum Gasteiger partial charge on any atom is -0.381 e. The highest BCUT2D eigenvalue weighted by Gasteiger charge is 2.32. The maximum absolute atomic E-state index is 5.53. The second-order valence-corrected chi connectivity index (χ2v) is 4.55. The highest BCUT2D eigenvalue weighted by Crippen LogP contribution is 2.34. The van der Waals surface area contributed by atoms with Crippen molar-refractivity contribution in [2.24, 2.45) is 0 Å². The minimum atomic E-state index is 0.615. The molecule has 2 unspecified atom stereocenters. The Morgan fingerprint density at radius 3 is 3.46 bits per heavy atom. The van der Waals surface area contributed by atoms with Crippen LogP contribution in [0.3, 0.4) is 0 Å². The Bertz CT molecular complexity index is 310. The molecular weight excluding hydrogens is 182 g/mol. The predicted molar refractivity (Wildman–Crippen MR) is 53.1 cm³/mol. The maximum atomic E-state index is 5.53. The smallest absolute Gasteiger partial charge is 0.0550 e. The molecule has 3 rings (SSSR count). The summed E-state index contributed by atoms with van der Waals surface area (Å²) in [5, 5.41) is 8.14. The molecule has 2 nitrogen and oxygen atoms in total. The van der Waals surface area contributed by atoms with Crippen LogP contribution in [-0.2, 0) is 11.3 Å². The van der Waals surface area contributed by atoms with Crippen LogP contribution in [0.1, 0.15) is 23.5 Å². The summed E-state index contributed by atoms with van der Waals surface area (Å²) >= 11 is 1.82. The second-order valence-electron chi connectivity index (χ2n) is 3.81. The number of hydrogen-bond donors (Lipinski definition) is 1. The summed E-state index contributed by atoms with van der Waals surface area (Å²) in [6, 6.07) is 0.663. The van der Waals surface area contributed by atoms with Crippen LogP contribution in [0.5, 0.6) is 0 Å². The third-order valence-electron chi connectivity index (χ3n) is 3.09. The molecular formula is C10H13NOS. The predicted octanol–water partition coefficient (Wildman–Crippen LogP) is 1.72. The molecule has 3 heteroatoms. The first-order valence-electron chi connectivity index (χ1n) is 4.81. The van der Waals surface area contributed by atoms with Crippen molar-refractivity contribution < 1.29 is 4.74 Å². The molecule has 13 heavy (non-hydrogen) atoms. The third kappa shape index (κ3) is 1.23. The van der Waals surface area contributed by atoms with E-state index < -0.39 is 0 Å². The summed E-state index contributed by atoms with van der Waals surface area (Å²) in [5.74, 6) is 0.615. The molecule has 2 atom stereocenters. The van der Waals surface area contributed by atoms with Gasteiger partial charge in [0, 0.05) is 25.1 Å². The van der Waals surface area contributed by atoms with Gasteiger partial charge in [-0.15, -0.1) is 0 Å². The van der Waals surface area contributed by atoms with Crippen molar-refractivity contribution in [3.8, 4) is 0 Å². The van der Waals surface area contributed by atoms with E-state index in [4.69, 9.17) is 4.74 Å². The number of hydrogen-bond acceptors (Lipinski definition) is 3. The van der Waals surface area contributed by atoms with E-state index in [0.717, 1.165) is 19.8 Å². The lowest BCUT2D eigenvalue weighted by atomic mass is 9.85. The Balaban J connectivity index is 1.97. The molecule has 1 aromatic heterocycles. The zero-order chi connectivity index (χ0) is 8.67. The van der Waals surface area contributed by atoms with Crippen LogP contribution in [0.2, 0.25) is 0 Å². The Hall–Kier alpha value is -0.380. The van der Waals surface area contributed by atoms with Crippen LogP contribution in [-0.4, -0.2) is 19.3 Å². The molecule has 1 saturated heterocycles. The third-order valence-corrected chi connectivity index (χ3v) is 3.90. The molecule has 0 aliphatic carbocycles. The van der Waals surface area contributed by atoms with Gasteiger partial charge in [0.15, 0.2) is 0 Å².